The average molecular weight is 473 g/mol. The van der Waals surface area contributed by atoms with Crippen molar-refractivity contribution in [3.63, 3.8) is 0 Å². The third-order valence-electron chi connectivity index (χ3n) is 6.34. The predicted molar refractivity (Wildman–Crippen MR) is 137 cm³/mol. The lowest BCUT2D eigenvalue weighted by molar-refractivity contribution is 0.0963. The van der Waals surface area contributed by atoms with Gasteiger partial charge in [-0.2, -0.15) is 9.97 Å². The van der Waals surface area contributed by atoms with Crippen molar-refractivity contribution in [2.75, 3.05) is 24.8 Å². The maximum Gasteiger partial charge on any atom is 0.251 e. The van der Waals surface area contributed by atoms with Crippen LogP contribution in [0.3, 0.4) is 0 Å². The van der Waals surface area contributed by atoms with Gasteiger partial charge in [-0.1, -0.05) is 25.0 Å². The molecule has 1 aliphatic carbocycles. The van der Waals surface area contributed by atoms with E-state index in [1.165, 1.54) is 12.8 Å². The molecular weight excluding hydrogens is 444 g/mol. The molecule has 4 aromatic rings. The molecule has 1 aliphatic rings. The Morgan fingerprint density at radius 2 is 1.89 bits per heavy atom. The van der Waals surface area contributed by atoms with Gasteiger partial charge in [-0.25, -0.2) is 0 Å². The minimum absolute atomic E-state index is 0.191. The topological polar surface area (TPSA) is 124 Å². The Labute approximate surface area is 203 Å². The lowest BCUT2D eigenvalue weighted by Gasteiger charge is -2.16. The summed E-state index contributed by atoms with van der Waals surface area (Å²) in [5, 5.41) is 20.1. The number of ether oxygens (including phenoxy) is 1. The van der Waals surface area contributed by atoms with Gasteiger partial charge in [0.15, 0.2) is 0 Å². The Morgan fingerprint density at radius 3 is 2.60 bits per heavy atom. The summed E-state index contributed by atoms with van der Waals surface area (Å²) in [5.41, 5.74) is 3.75. The first-order chi connectivity index (χ1) is 17.1. The summed E-state index contributed by atoms with van der Waals surface area (Å²) in [6.07, 6.45) is 6.51. The molecule has 0 unspecified atom stereocenters. The molecular formula is C26H28N6O3. The van der Waals surface area contributed by atoms with Crippen molar-refractivity contribution in [2.24, 2.45) is 0 Å². The number of aromatic amines is 1. The molecule has 0 bridgehead atoms. The number of phenolic OH excluding ortho intramolecular Hbond substituents is 1. The number of aromatic hydroxyl groups is 1. The standard InChI is InChI=1S/C26H28N6O3/c1-27-25(34)16-9-12-20(21(13-16)35-2)30-26-31-23-22(24(32-26)29-17-5-3-4-6-17)19(14-28-23)15-7-10-18(33)11-8-15/h7-14,17,33H,3-6H2,1-2H3,(H,27,34)(H3,28,29,30,31,32). The molecule has 9 nitrogen and oxygen atoms in total. The van der Waals surface area contributed by atoms with E-state index >= 15 is 0 Å². The Bertz CT molecular complexity index is 1360. The van der Waals surface area contributed by atoms with Crippen molar-refractivity contribution in [2.45, 2.75) is 31.7 Å². The molecule has 0 saturated heterocycles. The summed E-state index contributed by atoms with van der Waals surface area (Å²) >= 11 is 0. The Kier molecular flexibility index (Phi) is 6.13. The van der Waals surface area contributed by atoms with Crippen LogP contribution in [0, 0.1) is 0 Å². The maximum atomic E-state index is 12.0. The molecule has 2 aromatic heterocycles. The van der Waals surface area contributed by atoms with Crippen molar-refractivity contribution in [1.82, 2.24) is 20.3 Å². The van der Waals surface area contributed by atoms with E-state index in [2.05, 4.69) is 20.9 Å². The number of fused-ring (bicyclic) bond motifs is 1. The number of phenols is 1. The highest BCUT2D eigenvalue weighted by Crippen LogP contribution is 2.36. The van der Waals surface area contributed by atoms with Gasteiger partial charge in [0.25, 0.3) is 5.91 Å². The van der Waals surface area contributed by atoms with E-state index in [-0.39, 0.29) is 11.7 Å². The average Bonchev–Trinajstić information content (AvgIpc) is 3.54. The Morgan fingerprint density at radius 1 is 1.11 bits per heavy atom. The largest absolute Gasteiger partial charge is 0.508 e. The number of hydrogen-bond donors (Lipinski definition) is 5. The van der Waals surface area contributed by atoms with Gasteiger partial charge in [-0.3, -0.25) is 4.79 Å². The first kappa shape index (κ1) is 22.5. The van der Waals surface area contributed by atoms with Crippen LogP contribution in [0.15, 0.2) is 48.7 Å². The first-order valence-corrected chi connectivity index (χ1v) is 11.7. The lowest BCUT2D eigenvalue weighted by atomic mass is 10.1. The number of hydrogen-bond acceptors (Lipinski definition) is 7. The van der Waals surface area contributed by atoms with E-state index in [0.29, 0.717) is 34.6 Å². The number of methoxy groups -OCH3 is 1. The van der Waals surface area contributed by atoms with Gasteiger partial charge >= 0.3 is 0 Å². The minimum Gasteiger partial charge on any atom is -0.508 e. The maximum absolute atomic E-state index is 12.0. The second-order valence-corrected chi connectivity index (χ2v) is 8.61. The van der Waals surface area contributed by atoms with Crippen molar-refractivity contribution in [3.05, 3.63) is 54.2 Å². The Balaban J connectivity index is 1.55. The number of H-pyrrole nitrogens is 1. The van der Waals surface area contributed by atoms with Crippen LogP contribution in [0.4, 0.5) is 17.5 Å². The van der Waals surface area contributed by atoms with Crippen molar-refractivity contribution >= 4 is 34.4 Å². The third kappa shape index (κ3) is 4.57. The zero-order valence-corrected chi connectivity index (χ0v) is 19.7. The summed E-state index contributed by atoms with van der Waals surface area (Å²) in [5.74, 6) is 1.69. The summed E-state index contributed by atoms with van der Waals surface area (Å²) in [6.45, 7) is 0. The molecule has 0 spiro atoms. The molecule has 2 heterocycles. The second-order valence-electron chi connectivity index (χ2n) is 8.61. The number of carbonyl (C=O) groups is 1. The highest BCUT2D eigenvalue weighted by molar-refractivity contribution is 6.02. The summed E-state index contributed by atoms with van der Waals surface area (Å²) in [6, 6.07) is 12.6. The smallest absolute Gasteiger partial charge is 0.251 e. The molecule has 180 valence electrons. The fourth-order valence-electron chi connectivity index (χ4n) is 4.53. The van der Waals surface area contributed by atoms with E-state index in [4.69, 9.17) is 14.7 Å². The number of anilines is 3. The van der Waals surface area contributed by atoms with Gasteiger partial charge in [0, 0.05) is 30.4 Å². The number of benzene rings is 2. The monoisotopic (exact) mass is 472 g/mol. The molecule has 9 heteroatoms. The van der Waals surface area contributed by atoms with Crippen molar-refractivity contribution < 1.29 is 14.6 Å². The summed E-state index contributed by atoms with van der Waals surface area (Å²) < 4.78 is 5.51. The third-order valence-corrected chi connectivity index (χ3v) is 6.34. The minimum atomic E-state index is -0.191. The lowest BCUT2D eigenvalue weighted by Crippen LogP contribution is -2.18. The summed E-state index contributed by atoms with van der Waals surface area (Å²) in [7, 11) is 3.14. The fraction of sp³-hybridized carbons (Fsp3) is 0.269. The highest BCUT2D eigenvalue weighted by atomic mass is 16.5. The molecule has 1 saturated carbocycles. The molecule has 0 atom stereocenters. The van der Waals surface area contributed by atoms with Crippen LogP contribution in [-0.2, 0) is 0 Å². The second kappa shape index (κ2) is 9.54. The van der Waals surface area contributed by atoms with Gasteiger partial charge in [-0.05, 0) is 48.7 Å². The highest BCUT2D eigenvalue weighted by Gasteiger charge is 2.21. The molecule has 1 amide bonds. The van der Waals surface area contributed by atoms with Crippen LogP contribution in [0.5, 0.6) is 11.5 Å². The van der Waals surface area contributed by atoms with Gasteiger partial charge in [0.1, 0.15) is 23.0 Å². The zero-order valence-electron chi connectivity index (χ0n) is 19.7. The molecule has 5 N–H and O–H groups in total. The molecule has 5 rings (SSSR count). The van der Waals surface area contributed by atoms with Crippen LogP contribution in [-0.4, -0.2) is 46.2 Å². The van der Waals surface area contributed by atoms with Crippen molar-refractivity contribution in [1.29, 1.82) is 0 Å². The van der Waals surface area contributed by atoms with E-state index in [1.54, 1.807) is 44.5 Å². The number of rotatable bonds is 7. The van der Waals surface area contributed by atoms with E-state index in [9.17, 15) is 9.90 Å². The van der Waals surface area contributed by atoms with Crippen LogP contribution >= 0.6 is 0 Å². The van der Waals surface area contributed by atoms with Crippen molar-refractivity contribution in [3.8, 4) is 22.6 Å². The van der Waals surface area contributed by atoms with Gasteiger partial charge in [-0.15, -0.1) is 0 Å². The van der Waals surface area contributed by atoms with Gasteiger partial charge < -0.3 is 30.8 Å². The molecule has 1 fully saturated rings. The number of amides is 1. The molecule has 0 radical (unpaired) electrons. The quantitative estimate of drug-likeness (QED) is 0.262. The fourth-order valence-corrected chi connectivity index (χ4v) is 4.53. The number of nitrogens with one attached hydrogen (secondary N) is 4. The first-order valence-electron chi connectivity index (χ1n) is 11.7. The number of nitrogens with zero attached hydrogens (tertiary/aromatic N) is 2. The zero-order chi connectivity index (χ0) is 24.4. The van der Waals surface area contributed by atoms with Crippen LogP contribution in [0.1, 0.15) is 36.0 Å². The van der Waals surface area contributed by atoms with E-state index in [1.807, 2.05) is 18.3 Å². The van der Waals surface area contributed by atoms with E-state index in [0.717, 1.165) is 35.2 Å². The SMILES string of the molecule is CNC(=O)c1ccc(Nc2nc(NC3CCCC3)c3c(-c4ccc(O)cc4)c[nH]c3n2)c(OC)c1. The van der Waals surface area contributed by atoms with Crippen LogP contribution in [0.25, 0.3) is 22.2 Å². The molecule has 35 heavy (non-hydrogen) atoms. The molecule has 2 aromatic carbocycles. The van der Waals surface area contributed by atoms with Gasteiger partial charge in [0.05, 0.1) is 18.2 Å². The molecule has 0 aliphatic heterocycles. The predicted octanol–water partition coefficient (Wildman–Crippen LogP) is 4.80. The summed E-state index contributed by atoms with van der Waals surface area (Å²) in [4.78, 5) is 24.8. The number of carbonyl (C=O) groups excluding carboxylic acids is 1. The number of aromatic nitrogens is 3. The van der Waals surface area contributed by atoms with Gasteiger partial charge in [0.2, 0.25) is 5.95 Å². The Hall–Kier alpha value is -4.27. The van der Waals surface area contributed by atoms with Crippen LogP contribution in [0.2, 0.25) is 0 Å². The normalized spacial score (nSPS) is 13.7. The van der Waals surface area contributed by atoms with Crippen LogP contribution < -0.4 is 20.7 Å². The van der Waals surface area contributed by atoms with E-state index < -0.39 is 0 Å².